The van der Waals surface area contributed by atoms with Gasteiger partial charge in [-0.05, 0) is 40.7 Å². The minimum Gasteiger partial charge on any atom is -0.315 e. The summed E-state index contributed by atoms with van der Waals surface area (Å²) >= 11 is 1.70. The van der Waals surface area contributed by atoms with Crippen LogP contribution in [0.15, 0.2) is 17.8 Å². The van der Waals surface area contributed by atoms with Gasteiger partial charge in [-0.3, -0.25) is 4.40 Å². The van der Waals surface area contributed by atoms with Gasteiger partial charge in [0.25, 0.3) is 0 Å². The molecule has 0 aromatic carbocycles. The van der Waals surface area contributed by atoms with Crippen LogP contribution in [0, 0.1) is 0 Å². The van der Waals surface area contributed by atoms with E-state index in [0.29, 0.717) is 12.1 Å². The maximum Gasteiger partial charge on any atom is 0.193 e. The highest BCUT2D eigenvalue weighted by atomic mass is 32.1. The normalized spacial score (nSPS) is 23.5. The molecule has 2 atom stereocenters. The molecule has 1 aliphatic heterocycles. The summed E-state index contributed by atoms with van der Waals surface area (Å²) in [5.74, 6) is 0. The van der Waals surface area contributed by atoms with Crippen LogP contribution in [0.1, 0.15) is 12.1 Å². The van der Waals surface area contributed by atoms with Crippen molar-refractivity contribution in [2.75, 3.05) is 40.8 Å². The average Bonchev–Trinajstić information content (AvgIpc) is 2.98. The topological polar surface area (TPSA) is 35.8 Å². The minimum absolute atomic E-state index is 0.431. The fourth-order valence-electron chi connectivity index (χ4n) is 3.27. The Balaban J connectivity index is 1.75. The Kier molecular flexibility index (Phi) is 4.59. The zero-order valence-electron chi connectivity index (χ0n) is 13.1. The van der Waals surface area contributed by atoms with Gasteiger partial charge in [-0.25, -0.2) is 4.98 Å². The number of aromatic nitrogens is 2. The molecule has 6 heteroatoms. The van der Waals surface area contributed by atoms with Crippen molar-refractivity contribution in [3.63, 3.8) is 0 Å². The molecule has 5 nitrogen and oxygen atoms in total. The quantitative estimate of drug-likeness (QED) is 0.919. The molecule has 0 amide bonds. The first-order chi connectivity index (χ1) is 10.2. The summed E-state index contributed by atoms with van der Waals surface area (Å²) < 4.78 is 2.12. The highest BCUT2D eigenvalue weighted by Crippen LogP contribution is 2.16. The molecule has 2 aromatic heterocycles. The van der Waals surface area contributed by atoms with Gasteiger partial charge in [0.2, 0.25) is 0 Å². The van der Waals surface area contributed by atoms with Gasteiger partial charge >= 0.3 is 0 Å². The van der Waals surface area contributed by atoms with Gasteiger partial charge in [-0.1, -0.05) is 0 Å². The zero-order chi connectivity index (χ0) is 14.8. The van der Waals surface area contributed by atoms with Gasteiger partial charge in [-0.15, -0.1) is 11.3 Å². The van der Waals surface area contributed by atoms with Gasteiger partial charge in [0, 0.05) is 42.8 Å². The number of hydrogen-bond donors (Lipinski definition) is 1. The largest absolute Gasteiger partial charge is 0.315 e. The van der Waals surface area contributed by atoms with Crippen LogP contribution in [0.3, 0.4) is 0 Å². The number of nitrogens with one attached hydrogen (secondary N) is 1. The second-order valence-electron chi connectivity index (χ2n) is 6.09. The Hall–Kier alpha value is -0.950. The van der Waals surface area contributed by atoms with Crippen molar-refractivity contribution in [3.05, 3.63) is 23.5 Å². The van der Waals surface area contributed by atoms with Crippen LogP contribution in [0.2, 0.25) is 0 Å². The highest BCUT2D eigenvalue weighted by molar-refractivity contribution is 7.15. The molecule has 21 heavy (non-hydrogen) atoms. The van der Waals surface area contributed by atoms with Crippen LogP contribution in [0.4, 0.5) is 0 Å². The molecule has 2 unspecified atom stereocenters. The molecule has 0 bridgehead atoms. The van der Waals surface area contributed by atoms with E-state index >= 15 is 0 Å². The summed E-state index contributed by atoms with van der Waals surface area (Å²) in [6, 6.07) is 0.961. The van der Waals surface area contributed by atoms with E-state index in [-0.39, 0.29) is 0 Å². The molecule has 3 rings (SSSR count). The van der Waals surface area contributed by atoms with Crippen molar-refractivity contribution < 1.29 is 0 Å². The summed E-state index contributed by atoms with van der Waals surface area (Å²) in [7, 11) is 6.55. The van der Waals surface area contributed by atoms with Crippen LogP contribution < -0.4 is 5.32 Å². The van der Waals surface area contributed by atoms with Crippen LogP contribution in [-0.2, 0) is 6.42 Å². The molecule has 0 saturated carbocycles. The third-order valence-electron chi connectivity index (χ3n) is 4.52. The summed E-state index contributed by atoms with van der Waals surface area (Å²) in [6.45, 7) is 3.48. The first-order valence-electron chi connectivity index (χ1n) is 7.64. The van der Waals surface area contributed by atoms with Gasteiger partial charge in [-0.2, -0.15) is 0 Å². The average molecular weight is 307 g/mol. The molecule has 1 N–H and O–H groups in total. The fourth-order valence-corrected chi connectivity index (χ4v) is 3.99. The van der Waals surface area contributed by atoms with Crippen molar-refractivity contribution in [2.24, 2.45) is 0 Å². The monoisotopic (exact) mass is 307 g/mol. The lowest BCUT2D eigenvalue weighted by Gasteiger charge is -2.34. The third kappa shape index (κ3) is 3.29. The van der Waals surface area contributed by atoms with E-state index in [0.717, 1.165) is 17.9 Å². The maximum atomic E-state index is 4.73. The van der Waals surface area contributed by atoms with Crippen molar-refractivity contribution in [3.8, 4) is 0 Å². The molecule has 2 aromatic rings. The Bertz CT molecular complexity index is 549. The Morgan fingerprint density at radius 2 is 2.29 bits per heavy atom. The number of likely N-dealkylation sites (N-methyl/N-ethyl adjacent to an activating group) is 3. The molecule has 116 valence electrons. The van der Waals surface area contributed by atoms with E-state index in [1.807, 2.05) is 0 Å². The Labute approximate surface area is 130 Å². The number of fused-ring (bicyclic) bond motifs is 1. The van der Waals surface area contributed by atoms with Gasteiger partial charge in [0.1, 0.15) is 0 Å². The summed E-state index contributed by atoms with van der Waals surface area (Å²) in [6.07, 6.45) is 6.47. The van der Waals surface area contributed by atoms with E-state index in [1.165, 1.54) is 25.2 Å². The van der Waals surface area contributed by atoms with E-state index in [4.69, 9.17) is 4.98 Å². The van der Waals surface area contributed by atoms with Gasteiger partial charge < -0.3 is 15.1 Å². The molecule has 0 spiro atoms. The lowest BCUT2D eigenvalue weighted by atomic mass is 10.0. The number of imidazole rings is 1. The highest BCUT2D eigenvalue weighted by Gasteiger charge is 2.28. The first-order valence-corrected chi connectivity index (χ1v) is 8.52. The Morgan fingerprint density at radius 1 is 1.43 bits per heavy atom. The molecular formula is C15H25N5S. The second kappa shape index (κ2) is 6.44. The van der Waals surface area contributed by atoms with E-state index in [2.05, 4.69) is 58.4 Å². The summed E-state index contributed by atoms with van der Waals surface area (Å²) in [5.41, 5.74) is 1.18. The minimum atomic E-state index is 0.431. The molecule has 0 aliphatic carbocycles. The molecule has 1 fully saturated rings. The lowest BCUT2D eigenvalue weighted by molar-refractivity contribution is 0.181. The van der Waals surface area contributed by atoms with Crippen molar-refractivity contribution in [1.82, 2.24) is 24.5 Å². The number of rotatable bonds is 4. The molecular weight excluding hydrogens is 282 g/mol. The SMILES string of the molecule is CNC(Cc1cn2ccsc2n1)C1CN(C)CCCN1C. The molecule has 3 heterocycles. The number of hydrogen-bond acceptors (Lipinski definition) is 5. The van der Waals surface area contributed by atoms with Crippen molar-refractivity contribution in [1.29, 1.82) is 0 Å². The smallest absolute Gasteiger partial charge is 0.193 e. The lowest BCUT2D eigenvalue weighted by Crippen LogP contribution is -2.52. The van der Waals surface area contributed by atoms with Crippen LogP contribution in [-0.4, -0.2) is 72.0 Å². The zero-order valence-corrected chi connectivity index (χ0v) is 13.9. The first kappa shape index (κ1) is 15.0. The number of thiazole rings is 1. The number of nitrogens with zero attached hydrogens (tertiary/aromatic N) is 4. The predicted octanol–water partition coefficient (Wildman–Crippen LogP) is 1.16. The second-order valence-corrected chi connectivity index (χ2v) is 6.96. The van der Waals surface area contributed by atoms with Crippen molar-refractivity contribution >= 4 is 16.3 Å². The Morgan fingerprint density at radius 3 is 3.05 bits per heavy atom. The van der Waals surface area contributed by atoms with Crippen molar-refractivity contribution in [2.45, 2.75) is 24.9 Å². The van der Waals surface area contributed by atoms with E-state index in [1.54, 1.807) is 11.3 Å². The van der Waals surface area contributed by atoms with Crippen LogP contribution >= 0.6 is 11.3 Å². The molecule has 1 aliphatic rings. The molecule has 1 saturated heterocycles. The standard InChI is InChI=1S/C15H25N5S/c1-16-13(14-11-18(2)5-4-6-19(14)3)9-12-10-20-7-8-21-15(20)17-12/h7-8,10,13-14,16H,4-6,9,11H2,1-3H3. The fraction of sp³-hybridized carbons (Fsp3) is 0.667. The maximum absolute atomic E-state index is 4.73. The summed E-state index contributed by atoms with van der Waals surface area (Å²) in [5, 5.41) is 5.60. The van der Waals surface area contributed by atoms with Crippen LogP contribution in [0.25, 0.3) is 4.96 Å². The van der Waals surface area contributed by atoms with Gasteiger partial charge in [0.15, 0.2) is 4.96 Å². The van der Waals surface area contributed by atoms with Crippen LogP contribution in [0.5, 0.6) is 0 Å². The van der Waals surface area contributed by atoms with Gasteiger partial charge in [0.05, 0.1) is 5.69 Å². The van der Waals surface area contributed by atoms with E-state index < -0.39 is 0 Å². The molecule has 0 radical (unpaired) electrons. The third-order valence-corrected chi connectivity index (χ3v) is 5.29. The predicted molar refractivity (Wildman–Crippen MR) is 88.2 cm³/mol. The summed E-state index contributed by atoms with van der Waals surface area (Å²) in [4.78, 5) is 10.8. The van der Waals surface area contributed by atoms with E-state index in [9.17, 15) is 0 Å².